The molecule has 0 saturated carbocycles. The molecule has 0 spiro atoms. The number of rotatable bonds is 1. The number of alkyl halides is 3. The van der Waals surface area contributed by atoms with Crippen LogP contribution in [0.4, 0.5) is 13.2 Å². The van der Waals surface area contributed by atoms with Crippen molar-refractivity contribution in [3.8, 4) is 11.3 Å². The summed E-state index contributed by atoms with van der Waals surface area (Å²) in [5.74, 6) is 0.888. The number of fused-ring (bicyclic) bond motifs is 1. The third-order valence-electron chi connectivity index (χ3n) is 3.51. The number of imidazole rings is 1. The summed E-state index contributed by atoms with van der Waals surface area (Å²) >= 11 is 0. The molecule has 1 aliphatic rings. The van der Waals surface area contributed by atoms with Crippen LogP contribution in [0.25, 0.3) is 11.3 Å². The van der Waals surface area contributed by atoms with Gasteiger partial charge in [-0.1, -0.05) is 12.1 Å². The molecule has 0 amide bonds. The molecule has 106 valence electrons. The van der Waals surface area contributed by atoms with Gasteiger partial charge in [-0.25, -0.2) is 4.98 Å². The summed E-state index contributed by atoms with van der Waals surface area (Å²) in [7, 11) is 0. The van der Waals surface area contributed by atoms with Crippen molar-refractivity contribution in [3.05, 3.63) is 41.9 Å². The van der Waals surface area contributed by atoms with Crippen LogP contribution in [0.2, 0.25) is 0 Å². The molecule has 3 rings (SSSR count). The van der Waals surface area contributed by atoms with Gasteiger partial charge >= 0.3 is 6.18 Å². The molecule has 0 saturated heterocycles. The highest BCUT2D eigenvalue weighted by Gasteiger charge is 2.30. The Morgan fingerprint density at radius 1 is 1.30 bits per heavy atom. The number of nitrogens with zero attached hydrogens (tertiary/aromatic N) is 2. The molecule has 1 aromatic heterocycles. The molecule has 20 heavy (non-hydrogen) atoms. The minimum absolute atomic E-state index is 0.0889. The zero-order valence-corrected chi connectivity index (χ0v) is 10.7. The number of aryl methyl sites for hydroxylation is 1. The van der Waals surface area contributed by atoms with Gasteiger partial charge in [-0.3, -0.25) is 0 Å². The molecule has 1 atom stereocenters. The standard InChI is InChI=1S/C14H14F3N3/c15-14(16,17)10-3-1-2-9(6-10)12-8-20-7-11(18)4-5-13(20)19-12/h1-3,6,8,11H,4-5,7,18H2. The second-order valence-electron chi connectivity index (χ2n) is 5.07. The summed E-state index contributed by atoms with van der Waals surface area (Å²) in [6.07, 6.45) is -0.930. The van der Waals surface area contributed by atoms with E-state index >= 15 is 0 Å². The normalized spacial score (nSPS) is 18.9. The van der Waals surface area contributed by atoms with Gasteiger partial charge in [0.25, 0.3) is 0 Å². The summed E-state index contributed by atoms with van der Waals surface area (Å²) in [4.78, 5) is 4.42. The maximum Gasteiger partial charge on any atom is 0.416 e. The minimum atomic E-state index is -4.34. The maximum atomic E-state index is 12.7. The van der Waals surface area contributed by atoms with Crippen molar-refractivity contribution in [2.45, 2.75) is 31.6 Å². The highest BCUT2D eigenvalue weighted by molar-refractivity contribution is 5.60. The summed E-state index contributed by atoms with van der Waals surface area (Å²) in [5, 5.41) is 0. The van der Waals surface area contributed by atoms with Gasteiger partial charge in [0.1, 0.15) is 5.82 Å². The summed E-state index contributed by atoms with van der Waals surface area (Å²) < 4.78 is 40.1. The Bertz CT molecular complexity index is 631. The Balaban J connectivity index is 1.98. The Labute approximate surface area is 114 Å². The maximum absolute atomic E-state index is 12.7. The second-order valence-corrected chi connectivity index (χ2v) is 5.07. The van der Waals surface area contributed by atoms with Crippen LogP contribution in [-0.4, -0.2) is 15.6 Å². The van der Waals surface area contributed by atoms with Crippen LogP contribution < -0.4 is 5.73 Å². The van der Waals surface area contributed by atoms with Gasteiger partial charge in [0.2, 0.25) is 0 Å². The highest BCUT2D eigenvalue weighted by atomic mass is 19.4. The first-order valence-electron chi connectivity index (χ1n) is 6.43. The molecule has 0 radical (unpaired) electrons. The SMILES string of the molecule is NC1CCc2nc(-c3cccc(C(F)(F)F)c3)cn2C1. The van der Waals surface area contributed by atoms with Gasteiger partial charge in [0.05, 0.1) is 11.3 Å². The van der Waals surface area contributed by atoms with Crippen molar-refractivity contribution in [3.63, 3.8) is 0 Å². The summed E-state index contributed by atoms with van der Waals surface area (Å²) in [6, 6.07) is 5.33. The van der Waals surface area contributed by atoms with Crippen molar-refractivity contribution in [1.82, 2.24) is 9.55 Å². The third-order valence-corrected chi connectivity index (χ3v) is 3.51. The third kappa shape index (κ3) is 2.43. The molecule has 6 heteroatoms. The van der Waals surface area contributed by atoms with Crippen LogP contribution in [0.5, 0.6) is 0 Å². The van der Waals surface area contributed by atoms with E-state index < -0.39 is 11.7 Å². The Hall–Kier alpha value is -1.82. The van der Waals surface area contributed by atoms with Crippen molar-refractivity contribution in [2.24, 2.45) is 5.73 Å². The molecule has 1 aliphatic heterocycles. The van der Waals surface area contributed by atoms with Crippen molar-refractivity contribution >= 4 is 0 Å². The average molecular weight is 281 g/mol. The largest absolute Gasteiger partial charge is 0.416 e. The van der Waals surface area contributed by atoms with Crippen LogP contribution in [0, 0.1) is 0 Å². The molecular formula is C14H14F3N3. The van der Waals surface area contributed by atoms with Crippen LogP contribution in [0.1, 0.15) is 17.8 Å². The van der Waals surface area contributed by atoms with Gasteiger partial charge in [-0.2, -0.15) is 13.2 Å². The molecule has 3 nitrogen and oxygen atoms in total. The number of halogens is 3. The first-order chi connectivity index (χ1) is 9.43. The summed E-state index contributed by atoms with van der Waals surface area (Å²) in [6.45, 7) is 0.668. The lowest BCUT2D eigenvalue weighted by atomic mass is 10.1. The first kappa shape index (κ1) is 13.2. The second kappa shape index (κ2) is 4.63. The lowest BCUT2D eigenvalue weighted by molar-refractivity contribution is -0.137. The molecule has 2 N–H and O–H groups in total. The van der Waals surface area contributed by atoms with Gasteiger partial charge in [-0.05, 0) is 18.6 Å². The molecule has 0 fully saturated rings. The van der Waals surface area contributed by atoms with Crippen LogP contribution >= 0.6 is 0 Å². The van der Waals surface area contributed by atoms with E-state index in [-0.39, 0.29) is 6.04 Å². The molecule has 2 heterocycles. The van der Waals surface area contributed by atoms with Crippen molar-refractivity contribution < 1.29 is 13.2 Å². The number of nitrogens with two attached hydrogens (primary N) is 1. The predicted molar refractivity (Wildman–Crippen MR) is 69.0 cm³/mol. The van der Waals surface area contributed by atoms with E-state index in [0.717, 1.165) is 30.8 Å². The van der Waals surface area contributed by atoms with Crippen molar-refractivity contribution in [1.29, 1.82) is 0 Å². The lowest BCUT2D eigenvalue weighted by Crippen LogP contribution is -2.31. The molecule has 0 aliphatic carbocycles. The van der Waals surface area contributed by atoms with E-state index in [0.29, 0.717) is 17.8 Å². The fourth-order valence-corrected chi connectivity index (χ4v) is 2.46. The van der Waals surface area contributed by atoms with Gasteiger partial charge < -0.3 is 10.3 Å². The number of benzene rings is 1. The Morgan fingerprint density at radius 3 is 2.85 bits per heavy atom. The van der Waals surface area contributed by atoms with E-state index in [1.54, 1.807) is 12.3 Å². The van der Waals surface area contributed by atoms with Crippen LogP contribution in [0.15, 0.2) is 30.5 Å². The van der Waals surface area contributed by atoms with E-state index in [1.165, 1.54) is 6.07 Å². The topological polar surface area (TPSA) is 43.8 Å². The van der Waals surface area contributed by atoms with Crippen molar-refractivity contribution in [2.75, 3.05) is 0 Å². The molecule has 0 bridgehead atoms. The van der Waals surface area contributed by atoms with Gasteiger partial charge in [0.15, 0.2) is 0 Å². The predicted octanol–water partition coefficient (Wildman–Crippen LogP) is 2.84. The van der Waals surface area contributed by atoms with E-state index in [9.17, 15) is 13.2 Å². The van der Waals surface area contributed by atoms with Gasteiger partial charge in [-0.15, -0.1) is 0 Å². The number of aromatic nitrogens is 2. The quantitative estimate of drug-likeness (QED) is 0.873. The minimum Gasteiger partial charge on any atom is -0.333 e. The smallest absolute Gasteiger partial charge is 0.333 e. The molecule has 1 unspecified atom stereocenters. The monoisotopic (exact) mass is 281 g/mol. The fourth-order valence-electron chi connectivity index (χ4n) is 2.46. The van der Waals surface area contributed by atoms with Crippen LogP contribution in [-0.2, 0) is 19.1 Å². The fraction of sp³-hybridized carbons (Fsp3) is 0.357. The first-order valence-corrected chi connectivity index (χ1v) is 6.43. The molecule has 2 aromatic rings. The summed E-state index contributed by atoms with van der Waals surface area (Å²) in [5.41, 5.74) is 6.28. The van der Waals surface area contributed by atoms with Crippen LogP contribution in [0.3, 0.4) is 0 Å². The number of hydrogen-bond acceptors (Lipinski definition) is 2. The zero-order chi connectivity index (χ0) is 14.3. The van der Waals surface area contributed by atoms with Gasteiger partial charge in [0, 0.05) is 30.8 Å². The zero-order valence-electron chi connectivity index (χ0n) is 10.7. The van der Waals surface area contributed by atoms with E-state index in [1.807, 2.05) is 4.57 Å². The lowest BCUT2D eigenvalue weighted by Gasteiger charge is -2.19. The molecule has 1 aromatic carbocycles. The molecular weight excluding hydrogens is 267 g/mol. The Kier molecular flexibility index (Phi) is 3.05. The highest BCUT2D eigenvalue weighted by Crippen LogP contribution is 2.32. The number of hydrogen-bond donors (Lipinski definition) is 1. The average Bonchev–Trinajstić information content (AvgIpc) is 2.81. The Morgan fingerprint density at radius 2 is 2.10 bits per heavy atom. The van der Waals surface area contributed by atoms with E-state index in [2.05, 4.69) is 4.98 Å². The van der Waals surface area contributed by atoms with E-state index in [4.69, 9.17) is 5.73 Å².